The predicted octanol–water partition coefficient (Wildman–Crippen LogP) is 16.4. The Morgan fingerprint density at radius 2 is 0.704 bits per heavy atom. The molecule has 0 amide bonds. The Labute approximate surface area is 473 Å². The molecule has 81 heavy (non-hydrogen) atoms. The molecule has 5 N–H and O–H groups in total. The highest BCUT2D eigenvalue weighted by Gasteiger charge is 2.31. The third-order valence-corrected chi connectivity index (χ3v) is 15.0. The fraction of sp³-hybridized carbons (Fsp3) is 0.294. The van der Waals surface area contributed by atoms with Crippen LogP contribution in [-0.2, 0) is 19.2 Å². The first-order valence-electron chi connectivity index (χ1n) is 27.1. The van der Waals surface area contributed by atoms with Crippen molar-refractivity contribution in [1.82, 2.24) is 0 Å². The van der Waals surface area contributed by atoms with E-state index in [1.807, 2.05) is 156 Å². The van der Waals surface area contributed by atoms with Crippen molar-refractivity contribution in [3.8, 4) is 51.7 Å². The van der Waals surface area contributed by atoms with Gasteiger partial charge in [-0.3, -0.25) is 19.2 Å². The van der Waals surface area contributed by atoms with Gasteiger partial charge in [0.2, 0.25) is 0 Å². The Kier molecular flexibility index (Phi) is 19.3. The Morgan fingerprint density at radius 1 is 0.346 bits per heavy atom. The molecule has 9 aromatic carbocycles. The molecule has 0 aliphatic rings. The van der Waals surface area contributed by atoms with Crippen LogP contribution in [0.4, 0.5) is 0 Å². The molecule has 424 valence electrons. The highest BCUT2D eigenvalue weighted by atomic mass is 16.5. The van der Waals surface area contributed by atoms with Gasteiger partial charge in [0.05, 0.1) is 21.7 Å². The molecule has 0 heterocycles. The Hall–Kier alpha value is -8.84. The van der Waals surface area contributed by atoms with E-state index in [0.717, 1.165) is 33.4 Å². The average Bonchev–Trinajstić information content (AvgIpc) is 3.48. The van der Waals surface area contributed by atoms with Gasteiger partial charge in [-0.05, 0) is 159 Å². The molecule has 9 rings (SSSR count). The number of phenolic OH excluding ortho intramolecular Hbond substituents is 5. The van der Waals surface area contributed by atoms with Crippen molar-refractivity contribution in [3.63, 3.8) is 0 Å². The number of rotatable bonds is 12. The van der Waals surface area contributed by atoms with Crippen LogP contribution in [0.15, 0.2) is 152 Å². The number of benzene rings is 9. The van der Waals surface area contributed by atoms with Crippen molar-refractivity contribution in [2.24, 2.45) is 21.7 Å². The fourth-order valence-electron chi connectivity index (χ4n) is 7.71. The number of carbonyl (C=O) groups excluding carboxylic acids is 4. The normalized spacial score (nSPS) is 11.6. The minimum absolute atomic E-state index is 0.0328. The minimum atomic E-state index is -0.568. The molecular formula is C68H74O13. The highest BCUT2D eigenvalue weighted by molar-refractivity contribution is 6.12. The molecule has 0 saturated heterocycles. The molecule has 0 saturated carbocycles. The number of hydrogen-bond donors (Lipinski definition) is 5. The van der Waals surface area contributed by atoms with E-state index in [-0.39, 0.29) is 52.6 Å². The van der Waals surface area contributed by atoms with Crippen LogP contribution in [-0.4, -0.2) is 49.4 Å². The zero-order valence-corrected chi connectivity index (χ0v) is 48.3. The molecule has 0 aliphatic heterocycles. The summed E-state index contributed by atoms with van der Waals surface area (Å²) >= 11 is 0. The first kappa shape index (κ1) is 61.4. The summed E-state index contributed by atoms with van der Waals surface area (Å²) in [7, 11) is 0. The quantitative estimate of drug-likeness (QED) is 0.0439. The molecule has 0 aliphatic carbocycles. The molecular weight excluding hydrogens is 1020 g/mol. The molecule has 0 atom stereocenters. The van der Waals surface area contributed by atoms with E-state index < -0.39 is 21.7 Å². The summed E-state index contributed by atoms with van der Waals surface area (Å²) in [5, 5.41) is 56.2. The van der Waals surface area contributed by atoms with Crippen LogP contribution in [0.25, 0.3) is 53.9 Å². The lowest BCUT2D eigenvalue weighted by atomic mass is 9.90. The van der Waals surface area contributed by atoms with Gasteiger partial charge in [0.15, 0.2) is 0 Å². The van der Waals surface area contributed by atoms with Gasteiger partial charge in [-0.2, -0.15) is 0 Å². The van der Waals surface area contributed by atoms with Crippen LogP contribution in [0.3, 0.4) is 0 Å². The van der Waals surface area contributed by atoms with Gasteiger partial charge in [-0.15, -0.1) is 0 Å². The third kappa shape index (κ3) is 14.5. The lowest BCUT2D eigenvalue weighted by Gasteiger charge is -2.22. The largest absolute Gasteiger partial charge is 0.508 e. The van der Waals surface area contributed by atoms with Crippen LogP contribution in [0.1, 0.15) is 109 Å². The number of carbonyl (C=O) groups is 4. The zero-order valence-electron chi connectivity index (χ0n) is 48.3. The van der Waals surface area contributed by atoms with Gasteiger partial charge in [-0.1, -0.05) is 113 Å². The van der Waals surface area contributed by atoms with E-state index in [0.29, 0.717) is 69.2 Å². The lowest BCUT2D eigenvalue weighted by Crippen LogP contribution is -2.28. The van der Waals surface area contributed by atoms with Gasteiger partial charge < -0.3 is 44.5 Å². The van der Waals surface area contributed by atoms with Crippen molar-refractivity contribution in [2.75, 3.05) is 0 Å². The van der Waals surface area contributed by atoms with Crippen LogP contribution in [0.2, 0.25) is 0 Å². The van der Waals surface area contributed by atoms with E-state index in [4.69, 9.17) is 18.9 Å². The minimum Gasteiger partial charge on any atom is -0.508 e. The van der Waals surface area contributed by atoms with Gasteiger partial charge in [0.1, 0.15) is 51.7 Å². The summed E-state index contributed by atoms with van der Waals surface area (Å²) < 4.78 is 22.1. The van der Waals surface area contributed by atoms with Gasteiger partial charge in [0.25, 0.3) is 0 Å². The summed E-state index contributed by atoms with van der Waals surface area (Å²) in [5.41, 5.74) is -2.12. The molecule has 0 fully saturated rings. The van der Waals surface area contributed by atoms with Crippen molar-refractivity contribution in [3.05, 3.63) is 152 Å². The molecule has 0 unspecified atom stereocenters. The number of phenols is 5. The van der Waals surface area contributed by atoms with Gasteiger partial charge >= 0.3 is 23.9 Å². The third-order valence-electron chi connectivity index (χ3n) is 15.0. The molecule has 13 heteroatoms. The summed E-state index contributed by atoms with van der Waals surface area (Å²) in [6, 6.07) is 43.4. The maximum atomic E-state index is 12.6. The van der Waals surface area contributed by atoms with Crippen LogP contribution < -0.4 is 18.9 Å². The van der Waals surface area contributed by atoms with Crippen LogP contribution >= 0.6 is 0 Å². The Morgan fingerprint density at radius 3 is 1.19 bits per heavy atom. The standard InChI is InChI=1S/C20H20O3.C16H18O4.2C16H18O3/c1-4-20(2,3)19(22)23-18-15-11-7-5-9-13(15)17(21)14-10-6-8-12-16(14)18;1-4-16(2,3)15(19)20-14-8-7-13(18)12-9-10(17)5-6-11(12)14;1-4-16(2,3)15(18)19-14-8-6-11-9-13(17)7-5-12(11)10-14;1-4-16(2,3)15(18)19-14-10-9-13(17)11-7-5-6-8-12(11)14/h5-12,21H,4H2,1-3H3;5-9,17-18H,4H2,1-3H3;2*5-10,17H,4H2,1-3H3. The number of esters is 4. The molecule has 9 aromatic rings. The second-order valence-electron chi connectivity index (χ2n) is 22.4. The SMILES string of the molecule is CCC(C)(C)C(=O)Oc1c2ccccc2c(O)c2ccccc12.CCC(C)(C)C(=O)Oc1ccc(O)c2cc(O)ccc12.CCC(C)(C)C(=O)Oc1ccc(O)c2ccccc12.CCC(C)(C)C(=O)Oc1ccc2cc(O)ccc2c1. The van der Waals surface area contributed by atoms with Crippen molar-refractivity contribution >= 4 is 77.7 Å². The molecule has 0 aromatic heterocycles. The molecule has 13 nitrogen and oxygen atoms in total. The van der Waals surface area contributed by atoms with Crippen molar-refractivity contribution in [2.45, 2.75) is 109 Å². The maximum Gasteiger partial charge on any atom is 0.316 e. The van der Waals surface area contributed by atoms with Crippen molar-refractivity contribution in [1.29, 1.82) is 0 Å². The first-order valence-corrected chi connectivity index (χ1v) is 27.1. The number of ether oxygens (including phenoxy) is 4. The topological polar surface area (TPSA) is 206 Å². The number of hydrogen-bond acceptors (Lipinski definition) is 13. The summed E-state index contributed by atoms with van der Waals surface area (Å²) in [5.74, 6) is 1.55. The molecule has 0 spiro atoms. The number of fused-ring (bicyclic) bond motifs is 5. The fourth-order valence-corrected chi connectivity index (χ4v) is 7.71. The van der Waals surface area contributed by atoms with Crippen molar-refractivity contribution < 1.29 is 63.7 Å². The van der Waals surface area contributed by atoms with E-state index in [1.54, 1.807) is 60.7 Å². The molecule has 0 bridgehead atoms. The first-order chi connectivity index (χ1) is 38.2. The Balaban J connectivity index is 0.000000175. The monoisotopic (exact) mass is 1100 g/mol. The Bertz CT molecular complexity index is 3700. The average molecular weight is 1100 g/mol. The lowest BCUT2D eigenvalue weighted by molar-refractivity contribution is -0.144. The summed E-state index contributed by atoms with van der Waals surface area (Å²) in [6.45, 7) is 22.7. The number of aromatic hydroxyl groups is 5. The summed E-state index contributed by atoms with van der Waals surface area (Å²) in [4.78, 5) is 48.8. The van der Waals surface area contributed by atoms with E-state index in [1.165, 1.54) is 18.2 Å². The van der Waals surface area contributed by atoms with Gasteiger partial charge in [-0.25, -0.2) is 0 Å². The van der Waals surface area contributed by atoms with Crippen LogP contribution in [0, 0.1) is 21.7 Å². The molecule has 0 radical (unpaired) electrons. The van der Waals surface area contributed by atoms with Gasteiger partial charge in [0, 0.05) is 43.1 Å². The second kappa shape index (κ2) is 25.5. The smallest absolute Gasteiger partial charge is 0.316 e. The maximum absolute atomic E-state index is 12.6. The zero-order chi connectivity index (χ0) is 59.6. The summed E-state index contributed by atoms with van der Waals surface area (Å²) in [6.07, 6.45) is 2.80. The predicted molar refractivity (Wildman–Crippen MR) is 320 cm³/mol. The highest BCUT2D eigenvalue weighted by Crippen LogP contribution is 2.43. The van der Waals surface area contributed by atoms with E-state index in [9.17, 15) is 44.7 Å². The van der Waals surface area contributed by atoms with E-state index in [2.05, 4.69) is 0 Å². The second-order valence-corrected chi connectivity index (χ2v) is 22.4. The van der Waals surface area contributed by atoms with E-state index >= 15 is 0 Å². The van der Waals surface area contributed by atoms with Crippen LogP contribution in [0.5, 0.6) is 51.7 Å².